The summed E-state index contributed by atoms with van der Waals surface area (Å²) in [5.41, 5.74) is 0. The van der Waals surface area contributed by atoms with Crippen molar-refractivity contribution in [1.29, 1.82) is 0 Å². The fraction of sp³-hybridized carbons (Fsp3) is 1.00. The molecule has 0 fully saturated rings. The molecule has 0 saturated heterocycles. The Morgan fingerprint density at radius 1 is 1.00 bits per heavy atom. The zero-order chi connectivity index (χ0) is 6.95. The first-order chi connectivity index (χ1) is 4.41. The molecule has 0 aromatic carbocycles. The van der Waals surface area contributed by atoms with Crippen molar-refractivity contribution in [2.24, 2.45) is 0 Å². The maximum absolute atomic E-state index is 8.35. The SMILES string of the molecule is OCCS[Se]SCCO. The maximum atomic E-state index is 8.35. The van der Waals surface area contributed by atoms with Crippen LogP contribution in [0.1, 0.15) is 0 Å². The Balaban J connectivity index is 2.60. The number of rotatable bonds is 6. The summed E-state index contributed by atoms with van der Waals surface area (Å²) in [6, 6.07) is 0. The van der Waals surface area contributed by atoms with E-state index in [-0.39, 0.29) is 13.2 Å². The number of hydrogen-bond acceptors (Lipinski definition) is 4. The Kier molecular flexibility index (Phi) is 10.3. The quantitative estimate of drug-likeness (QED) is 0.499. The van der Waals surface area contributed by atoms with E-state index in [0.717, 1.165) is 11.5 Å². The van der Waals surface area contributed by atoms with Crippen LogP contribution in [0.15, 0.2) is 0 Å². The van der Waals surface area contributed by atoms with Gasteiger partial charge in [0.2, 0.25) is 0 Å². The predicted molar refractivity (Wildman–Crippen MR) is 44.8 cm³/mol. The molecule has 0 aliphatic rings. The van der Waals surface area contributed by atoms with Crippen LogP contribution in [0, 0.1) is 0 Å². The van der Waals surface area contributed by atoms with Crippen LogP contribution in [-0.4, -0.2) is 47.6 Å². The second-order valence-corrected chi connectivity index (χ2v) is 8.53. The molecule has 0 saturated carbocycles. The molecule has 0 aromatic rings. The molecule has 0 bridgehead atoms. The minimum atomic E-state index is 0.270. The van der Waals surface area contributed by atoms with Crippen molar-refractivity contribution in [3.05, 3.63) is 0 Å². The van der Waals surface area contributed by atoms with E-state index in [4.69, 9.17) is 10.2 Å². The summed E-state index contributed by atoms with van der Waals surface area (Å²) in [6.45, 7) is 0.540. The normalized spacial score (nSPS) is 10.0. The molecule has 0 radical (unpaired) electrons. The summed E-state index contributed by atoms with van der Waals surface area (Å²) in [4.78, 5) is 0. The Morgan fingerprint density at radius 2 is 1.44 bits per heavy atom. The molecule has 0 unspecified atom stereocenters. The van der Waals surface area contributed by atoms with Gasteiger partial charge in [-0.25, -0.2) is 0 Å². The van der Waals surface area contributed by atoms with Gasteiger partial charge in [-0.1, -0.05) is 0 Å². The molecule has 0 aliphatic heterocycles. The van der Waals surface area contributed by atoms with Crippen LogP contribution in [0.4, 0.5) is 0 Å². The molecule has 0 spiro atoms. The van der Waals surface area contributed by atoms with Gasteiger partial charge < -0.3 is 0 Å². The Labute approximate surface area is 68.1 Å². The van der Waals surface area contributed by atoms with Crippen LogP contribution in [0.3, 0.4) is 0 Å². The molecule has 0 atom stereocenters. The molecule has 9 heavy (non-hydrogen) atoms. The average molecular weight is 233 g/mol. The van der Waals surface area contributed by atoms with Gasteiger partial charge in [-0.15, -0.1) is 0 Å². The summed E-state index contributed by atoms with van der Waals surface area (Å²) < 4.78 is 0. The molecule has 2 nitrogen and oxygen atoms in total. The predicted octanol–water partition coefficient (Wildman–Crippen LogP) is -0.0284. The molecular formula is C4H10O2S2Se. The number of aliphatic hydroxyl groups is 2. The van der Waals surface area contributed by atoms with Gasteiger partial charge in [0, 0.05) is 0 Å². The van der Waals surface area contributed by atoms with Crippen LogP contribution in [0.25, 0.3) is 0 Å². The number of hydrogen-bond donors (Lipinski definition) is 2. The summed E-state index contributed by atoms with van der Waals surface area (Å²) in [5.74, 6) is 1.66. The minimum absolute atomic E-state index is 0.270. The molecule has 2 N–H and O–H groups in total. The van der Waals surface area contributed by atoms with Crippen molar-refractivity contribution in [3.8, 4) is 0 Å². The van der Waals surface area contributed by atoms with Crippen molar-refractivity contribution >= 4 is 33.1 Å². The molecule has 0 heterocycles. The van der Waals surface area contributed by atoms with Crippen LogP contribution in [0.5, 0.6) is 0 Å². The Hall–Kier alpha value is 1.14. The number of aliphatic hydroxyl groups excluding tert-OH is 2. The second kappa shape index (κ2) is 9.14. The molecule has 56 valence electrons. The third kappa shape index (κ3) is 9.14. The first kappa shape index (κ1) is 10.1. The van der Waals surface area contributed by atoms with Gasteiger partial charge in [-0.05, 0) is 0 Å². The van der Waals surface area contributed by atoms with Crippen molar-refractivity contribution in [3.63, 3.8) is 0 Å². The van der Waals surface area contributed by atoms with Gasteiger partial charge in [-0.3, -0.25) is 0 Å². The molecule has 0 rings (SSSR count). The van der Waals surface area contributed by atoms with Crippen LogP contribution >= 0.6 is 20.4 Å². The fourth-order valence-electron chi connectivity index (χ4n) is 0.177. The average Bonchev–Trinajstić information content (AvgIpc) is 1.89. The van der Waals surface area contributed by atoms with E-state index in [1.807, 2.05) is 0 Å². The van der Waals surface area contributed by atoms with Gasteiger partial charge in [0.15, 0.2) is 0 Å². The van der Waals surface area contributed by atoms with E-state index in [1.54, 1.807) is 20.4 Å². The molecule has 5 heteroatoms. The van der Waals surface area contributed by atoms with Crippen LogP contribution in [0.2, 0.25) is 0 Å². The van der Waals surface area contributed by atoms with Gasteiger partial charge in [0.1, 0.15) is 0 Å². The van der Waals surface area contributed by atoms with Crippen molar-refractivity contribution in [1.82, 2.24) is 0 Å². The topological polar surface area (TPSA) is 40.5 Å². The van der Waals surface area contributed by atoms with Crippen LogP contribution in [-0.2, 0) is 0 Å². The standard InChI is InChI=1S/C4H10O2S2Se/c5-1-3-7-9-8-4-2-6/h5-6H,1-4H2. The van der Waals surface area contributed by atoms with E-state index in [0.29, 0.717) is 12.7 Å². The summed E-state index contributed by atoms with van der Waals surface area (Å²) in [7, 11) is 3.52. The van der Waals surface area contributed by atoms with E-state index in [1.165, 1.54) is 0 Å². The molecule has 0 amide bonds. The monoisotopic (exact) mass is 234 g/mol. The molecule has 0 aromatic heterocycles. The summed E-state index contributed by atoms with van der Waals surface area (Å²) in [5, 5.41) is 16.7. The molecule has 0 aliphatic carbocycles. The van der Waals surface area contributed by atoms with Crippen molar-refractivity contribution in [2.45, 2.75) is 0 Å². The van der Waals surface area contributed by atoms with Crippen molar-refractivity contribution < 1.29 is 10.2 Å². The third-order valence-corrected chi connectivity index (χ3v) is 7.65. The zero-order valence-corrected chi connectivity index (χ0v) is 8.29. The van der Waals surface area contributed by atoms with Gasteiger partial charge in [0.05, 0.1) is 0 Å². The fourth-order valence-corrected chi connectivity index (χ4v) is 5.93. The van der Waals surface area contributed by atoms with Crippen molar-refractivity contribution in [2.75, 3.05) is 24.7 Å². The van der Waals surface area contributed by atoms with Crippen LogP contribution < -0.4 is 0 Å². The Bertz CT molecular complexity index is 49.8. The first-order valence-corrected chi connectivity index (χ1v) is 8.56. The van der Waals surface area contributed by atoms with Gasteiger partial charge >= 0.3 is 68.0 Å². The third-order valence-electron chi connectivity index (χ3n) is 0.445. The molecular weight excluding hydrogens is 223 g/mol. The van der Waals surface area contributed by atoms with E-state index < -0.39 is 0 Å². The van der Waals surface area contributed by atoms with E-state index in [2.05, 4.69) is 0 Å². The summed E-state index contributed by atoms with van der Waals surface area (Å²) >= 11 is 0.492. The Morgan fingerprint density at radius 3 is 1.78 bits per heavy atom. The van der Waals surface area contributed by atoms with Gasteiger partial charge in [-0.2, -0.15) is 0 Å². The first-order valence-electron chi connectivity index (χ1n) is 2.54. The second-order valence-electron chi connectivity index (χ2n) is 1.16. The van der Waals surface area contributed by atoms with E-state index >= 15 is 0 Å². The van der Waals surface area contributed by atoms with Gasteiger partial charge in [0.25, 0.3) is 0 Å². The van der Waals surface area contributed by atoms with E-state index in [9.17, 15) is 0 Å². The summed E-state index contributed by atoms with van der Waals surface area (Å²) in [6.07, 6.45) is 0. The zero-order valence-electron chi connectivity index (χ0n) is 4.95.